The number of nitrogens with zero attached hydrogens (tertiary/aromatic N) is 1. The molecule has 0 spiro atoms. The molecule has 0 radical (unpaired) electrons. The van der Waals surface area contributed by atoms with E-state index < -0.39 is 0 Å². The summed E-state index contributed by atoms with van der Waals surface area (Å²) >= 11 is 0. The average molecular weight is 484 g/mol. The third kappa shape index (κ3) is 5.55. The second-order valence-electron chi connectivity index (χ2n) is 9.22. The summed E-state index contributed by atoms with van der Waals surface area (Å²) in [6, 6.07) is 24.5. The molecule has 6 heteroatoms. The Kier molecular flexibility index (Phi) is 7.23. The number of ether oxygens (including phenoxy) is 1. The number of benzene rings is 3. The number of hydrogen-bond donors (Lipinski definition) is 2. The number of fused-ring (bicyclic) bond motifs is 1. The largest absolute Gasteiger partial charge is 0.494 e. The highest BCUT2D eigenvalue weighted by Crippen LogP contribution is 2.28. The Bertz CT molecular complexity index is 1340. The maximum atomic E-state index is 14.0. The molecule has 1 amide bonds. The number of nitrogens with one attached hydrogen (secondary N) is 2. The van der Waals surface area contributed by atoms with Crippen molar-refractivity contribution in [1.29, 1.82) is 0 Å². The first-order valence-electron chi connectivity index (χ1n) is 12.5. The molecule has 0 saturated heterocycles. The number of rotatable bonds is 8. The minimum atomic E-state index is -0.381. The van der Waals surface area contributed by atoms with Gasteiger partial charge in [0.2, 0.25) is 0 Å². The van der Waals surface area contributed by atoms with Crippen LogP contribution in [0.5, 0.6) is 5.75 Å². The van der Waals surface area contributed by atoms with Crippen molar-refractivity contribution in [2.24, 2.45) is 0 Å². The number of halogens is 1. The topological polar surface area (TPSA) is 63.2 Å². The molecule has 1 fully saturated rings. The lowest BCUT2D eigenvalue weighted by Gasteiger charge is -2.16. The summed E-state index contributed by atoms with van der Waals surface area (Å²) in [6.07, 6.45) is 2.81. The summed E-state index contributed by atoms with van der Waals surface area (Å²) in [5.74, 6) is 0.228. The highest BCUT2D eigenvalue weighted by molar-refractivity contribution is 6.07. The third-order valence-corrected chi connectivity index (χ3v) is 6.68. The van der Waals surface area contributed by atoms with E-state index in [-0.39, 0.29) is 17.8 Å². The van der Waals surface area contributed by atoms with E-state index in [0.717, 1.165) is 37.1 Å². The van der Waals surface area contributed by atoms with E-state index in [9.17, 15) is 9.18 Å². The molecule has 2 N–H and O–H groups in total. The predicted octanol–water partition coefficient (Wildman–Crippen LogP) is 5.88. The zero-order chi connectivity index (χ0) is 24.9. The molecule has 2 atom stereocenters. The second-order valence-corrected chi connectivity index (χ2v) is 9.22. The van der Waals surface area contributed by atoms with Gasteiger partial charge in [0.05, 0.1) is 23.4 Å². The molecule has 5 nitrogen and oxygen atoms in total. The summed E-state index contributed by atoms with van der Waals surface area (Å²) in [5, 5.41) is 7.46. The van der Waals surface area contributed by atoms with Gasteiger partial charge >= 0.3 is 0 Å². The number of pyridine rings is 1. The fourth-order valence-corrected chi connectivity index (χ4v) is 4.85. The van der Waals surface area contributed by atoms with Gasteiger partial charge in [-0.1, -0.05) is 30.3 Å². The first-order chi connectivity index (χ1) is 17.6. The zero-order valence-corrected chi connectivity index (χ0v) is 20.3. The van der Waals surface area contributed by atoms with E-state index in [1.54, 1.807) is 12.1 Å². The molecule has 1 aliphatic rings. The molecule has 1 heterocycles. The van der Waals surface area contributed by atoms with Crippen molar-refractivity contribution in [3.8, 4) is 17.0 Å². The van der Waals surface area contributed by atoms with Crippen molar-refractivity contribution in [2.45, 2.75) is 44.8 Å². The van der Waals surface area contributed by atoms with Crippen LogP contribution in [0.4, 0.5) is 4.39 Å². The van der Waals surface area contributed by atoms with Crippen LogP contribution in [-0.4, -0.2) is 29.6 Å². The SMILES string of the molecule is CCOc1ccc(-c2cc(C(=O)N[C@@H]3CC[C@H](NCc4ccccc4)C3)c3ccc(F)cc3n2)cc1. The minimum Gasteiger partial charge on any atom is -0.494 e. The van der Waals surface area contributed by atoms with Gasteiger partial charge in [0.15, 0.2) is 0 Å². The fourth-order valence-electron chi connectivity index (χ4n) is 4.85. The summed E-state index contributed by atoms with van der Waals surface area (Å²) in [4.78, 5) is 18.1. The van der Waals surface area contributed by atoms with Crippen LogP contribution >= 0.6 is 0 Å². The Morgan fingerprint density at radius 1 is 1.00 bits per heavy atom. The van der Waals surface area contributed by atoms with Crippen LogP contribution < -0.4 is 15.4 Å². The van der Waals surface area contributed by atoms with Crippen molar-refractivity contribution >= 4 is 16.8 Å². The smallest absolute Gasteiger partial charge is 0.252 e. The van der Waals surface area contributed by atoms with Crippen LogP contribution in [0, 0.1) is 5.82 Å². The molecule has 184 valence electrons. The first-order valence-corrected chi connectivity index (χ1v) is 12.5. The van der Waals surface area contributed by atoms with E-state index >= 15 is 0 Å². The summed E-state index contributed by atoms with van der Waals surface area (Å²) in [6.45, 7) is 3.34. The molecule has 1 saturated carbocycles. The molecule has 4 aromatic rings. The van der Waals surface area contributed by atoms with Crippen LogP contribution in [0.2, 0.25) is 0 Å². The Balaban J connectivity index is 1.33. The van der Waals surface area contributed by atoms with E-state index in [1.165, 1.54) is 17.7 Å². The van der Waals surface area contributed by atoms with E-state index in [1.807, 2.05) is 49.4 Å². The number of carbonyl (C=O) groups is 1. The zero-order valence-electron chi connectivity index (χ0n) is 20.3. The number of aromatic nitrogens is 1. The summed E-state index contributed by atoms with van der Waals surface area (Å²) < 4.78 is 19.6. The van der Waals surface area contributed by atoms with Crippen molar-refractivity contribution < 1.29 is 13.9 Å². The maximum absolute atomic E-state index is 14.0. The molecule has 36 heavy (non-hydrogen) atoms. The molecule has 5 rings (SSSR count). The molecule has 0 aliphatic heterocycles. The van der Waals surface area contributed by atoms with Crippen LogP contribution in [0.15, 0.2) is 78.9 Å². The Morgan fingerprint density at radius 3 is 2.56 bits per heavy atom. The van der Waals surface area contributed by atoms with Gasteiger partial charge < -0.3 is 15.4 Å². The maximum Gasteiger partial charge on any atom is 0.252 e. The lowest BCUT2D eigenvalue weighted by molar-refractivity contribution is 0.0939. The van der Waals surface area contributed by atoms with Crippen LogP contribution in [0.1, 0.15) is 42.1 Å². The lowest BCUT2D eigenvalue weighted by atomic mass is 10.0. The normalized spacial score (nSPS) is 17.3. The van der Waals surface area contributed by atoms with Gasteiger partial charge in [-0.05, 0) is 74.2 Å². The number of amides is 1. The highest BCUT2D eigenvalue weighted by atomic mass is 19.1. The number of hydrogen-bond acceptors (Lipinski definition) is 4. The predicted molar refractivity (Wildman–Crippen MR) is 140 cm³/mol. The standard InChI is InChI=1S/C30H30FN3O2/c1-2-36-25-13-8-21(9-14-25)28-18-27(26-15-10-22(31)16-29(26)34-28)30(35)33-24-12-11-23(17-24)32-19-20-6-4-3-5-7-20/h3-10,13-16,18,23-24,32H,2,11-12,17,19H2,1H3,(H,33,35)/t23-,24+/m0/s1. The van der Waals surface area contributed by atoms with Gasteiger partial charge in [-0.15, -0.1) is 0 Å². The average Bonchev–Trinajstić information content (AvgIpc) is 3.35. The quantitative estimate of drug-likeness (QED) is 0.329. The monoisotopic (exact) mass is 483 g/mol. The highest BCUT2D eigenvalue weighted by Gasteiger charge is 2.26. The van der Waals surface area contributed by atoms with Gasteiger partial charge in [-0.25, -0.2) is 9.37 Å². The van der Waals surface area contributed by atoms with Gasteiger partial charge in [0, 0.05) is 35.6 Å². The second kappa shape index (κ2) is 10.9. The molecular formula is C30H30FN3O2. The van der Waals surface area contributed by atoms with Crippen LogP contribution in [0.25, 0.3) is 22.2 Å². The minimum absolute atomic E-state index is 0.0864. The molecule has 1 aromatic heterocycles. The lowest BCUT2D eigenvalue weighted by Crippen LogP contribution is -2.35. The Morgan fingerprint density at radius 2 is 1.78 bits per heavy atom. The van der Waals surface area contributed by atoms with Gasteiger partial charge in [-0.3, -0.25) is 4.79 Å². The molecule has 3 aromatic carbocycles. The Labute approximate surface area is 210 Å². The molecular weight excluding hydrogens is 453 g/mol. The van der Waals surface area contributed by atoms with Gasteiger partial charge in [0.25, 0.3) is 5.91 Å². The van der Waals surface area contributed by atoms with Crippen molar-refractivity contribution in [2.75, 3.05) is 6.61 Å². The van der Waals surface area contributed by atoms with E-state index in [4.69, 9.17) is 4.74 Å². The fraction of sp³-hybridized carbons (Fsp3) is 0.267. The van der Waals surface area contributed by atoms with Crippen LogP contribution in [0.3, 0.4) is 0 Å². The molecule has 0 bridgehead atoms. The molecule has 1 aliphatic carbocycles. The van der Waals surface area contributed by atoms with Gasteiger partial charge in [-0.2, -0.15) is 0 Å². The van der Waals surface area contributed by atoms with E-state index in [0.29, 0.717) is 34.8 Å². The van der Waals surface area contributed by atoms with E-state index in [2.05, 4.69) is 27.8 Å². The first kappa shape index (κ1) is 23.9. The van der Waals surface area contributed by atoms with Crippen molar-refractivity contribution in [1.82, 2.24) is 15.6 Å². The van der Waals surface area contributed by atoms with Gasteiger partial charge in [0.1, 0.15) is 11.6 Å². The summed E-state index contributed by atoms with van der Waals surface area (Å²) in [5.41, 5.74) is 3.67. The van der Waals surface area contributed by atoms with Crippen molar-refractivity contribution in [3.63, 3.8) is 0 Å². The van der Waals surface area contributed by atoms with Crippen LogP contribution in [-0.2, 0) is 6.54 Å². The third-order valence-electron chi connectivity index (χ3n) is 6.68. The summed E-state index contributed by atoms with van der Waals surface area (Å²) in [7, 11) is 0. The Hall–Kier alpha value is -3.77. The number of carbonyl (C=O) groups excluding carboxylic acids is 1. The molecule has 0 unspecified atom stereocenters. The van der Waals surface area contributed by atoms with Crippen molar-refractivity contribution in [3.05, 3.63) is 95.8 Å².